The van der Waals surface area contributed by atoms with Crippen molar-refractivity contribution in [3.8, 4) is 0 Å². The van der Waals surface area contributed by atoms with Gasteiger partial charge in [-0.25, -0.2) is 0 Å². The Kier molecular flexibility index (Phi) is 12.5. The Balaban J connectivity index is 0.000000209. The molecule has 0 heterocycles. The summed E-state index contributed by atoms with van der Waals surface area (Å²) in [6.07, 6.45) is 6.48. The molecule has 0 aliphatic heterocycles. The van der Waals surface area contributed by atoms with Crippen LogP contribution < -0.4 is 11.1 Å². The van der Waals surface area contributed by atoms with Gasteiger partial charge in [-0.15, -0.1) is 12.4 Å². The molecule has 0 radical (unpaired) electrons. The van der Waals surface area contributed by atoms with Gasteiger partial charge in [-0.3, -0.25) is 4.79 Å². The molecule has 2 aliphatic carbocycles. The van der Waals surface area contributed by atoms with Crippen molar-refractivity contribution < 1.29 is 4.79 Å². The van der Waals surface area contributed by atoms with Gasteiger partial charge >= 0.3 is 0 Å². The van der Waals surface area contributed by atoms with Crippen molar-refractivity contribution in [3.05, 3.63) is 143 Å². The van der Waals surface area contributed by atoms with Crippen LogP contribution in [0.2, 0.25) is 0 Å². The van der Waals surface area contributed by atoms with Crippen LogP contribution >= 0.6 is 12.4 Å². The highest BCUT2D eigenvalue weighted by Crippen LogP contribution is 2.57. The van der Waals surface area contributed by atoms with Gasteiger partial charge in [0.05, 0.1) is 0 Å². The molecule has 4 aromatic rings. The van der Waals surface area contributed by atoms with Crippen LogP contribution in [0.1, 0.15) is 118 Å². The second-order valence-corrected chi connectivity index (χ2v) is 14.5. The quantitative estimate of drug-likeness (QED) is 0.189. The SMILES string of the molecule is CC(C)c1ccc2c(c1)CCC1C(C)(C(N)=O)CCCC21C.CC(NCCC(c1ccccc1)c1ccccc1)c1ccccc1.Cl. The number of carbonyl (C=O) groups excluding carboxylic acids is 1. The third kappa shape index (κ3) is 8.19. The van der Waals surface area contributed by atoms with Crippen molar-refractivity contribution in [1.29, 1.82) is 0 Å². The van der Waals surface area contributed by atoms with E-state index in [9.17, 15) is 4.79 Å². The van der Waals surface area contributed by atoms with Crippen LogP contribution in [-0.2, 0) is 16.6 Å². The summed E-state index contributed by atoms with van der Waals surface area (Å²) in [7, 11) is 0. The molecule has 4 atom stereocenters. The van der Waals surface area contributed by atoms with Crippen LogP contribution in [0.5, 0.6) is 0 Å². The van der Waals surface area contributed by atoms with E-state index in [4.69, 9.17) is 5.73 Å². The monoisotopic (exact) mass is 650 g/mol. The second kappa shape index (κ2) is 16.1. The topological polar surface area (TPSA) is 55.1 Å². The lowest BCUT2D eigenvalue weighted by atomic mass is 9.49. The molecule has 6 rings (SSSR count). The van der Waals surface area contributed by atoms with Crippen LogP contribution in [0, 0.1) is 11.3 Å². The first-order valence-corrected chi connectivity index (χ1v) is 17.4. The fourth-order valence-electron chi connectivity index (χ4n) is 8.37. The fraction of sp³-hybridized carbons (Fsp3) is 0.419. The van der Waals surface area contributed by atoms with Crippen molar-refractivity contribution in [3.63, 3.8) is 0 Å². The number of aryl methyl sites for hydroxylation is 1. The van der Waals surface area contributed by atoms with Gasteiger partial charge in [-0.1, -0.05) is 143 Å². The Bertz CT molecular complexity index is 1520. The highest BCUT2D eigenvalue weighted by atomic mass is 35.5. The van der Waals surface area contributed by atoms with E-state index in [1.807, 2.05) is 0 Å². The van der Waals surface area contributed by atoms with Crippen molar-refractivity contribution in [1.82, 2.24) is 5.32 Å². The smallest absolute Gasteiger partial charge is 0.223 e. The van der Waals surface area contributed by atoms with E-state index in [0.29, 0.717) is 23.8 Å². The third-order valence-corrected chi connectivity index (χ3v) is 11.2. The van der Waals surface area contributed by atoms with Crippen LogP contribution in [0.3, 0.4) is 0 Å². The first-order valence-electron chi connectivity index (χ1n) is 17.4. The summed E-state index contributed by atoms with van der Waals surface area (Å²) in [6.45, 7) is 12.2. The lowest BCUT2D eigenvalue weighted by molar-refractivity contribution is -0.135. The van der Waals surface area contributed by atoms with Crippen LogP contribution in [0.4, 0.5) is 0 Å². The number of amides is 1. The summed E-state index contributed by atoms with van der Waals surface area (Å²) >= 11 is 0. The van der Waals surface area contributed by atoms with Gasteiger partial charge in [0.25, 0.3) is 0 Å². The Morgan fingerprint density at radius 2 is 1.34 bits per heavy atom. The number of nitrogens with two attached hydrogens (primary N) is 1. The Morgan fingerprint density at radius 1 is 0.787 bits per heavy atom. The molecule has 2 aliphatic rings. The third-order valence-electron chi connectivity index (χ3n) is 11.2. The maximum atomic E-state index is 12.2. The highest BCUT2D eigenvalue weighted by Gasteiger charge is 2.54. The van der Waals surface area contributed by atoms with Gasteiger partial charge in [0.1, 0.15) is 0 Å². The summed E-state index contributed by atoms with van der Waals surface area (Å²) in [6, 6.07) is 39.7. The molecule has 3 N–H and O–H groups in total. The molecule has 3 nitrogen and oxygen atoms in total. The standard InChI is InChI=1S/C23H25N.C20H29NO.ClH/c1-19(20-11-5-2-6-12-20)24-18-17-23(21-13-7-3-8-14-21)22-15-9-4-10-16-22;1-13(2)14-6-8-16-15(12-14)7-9-17-19(16,3)10-5-11-20(17,4)18(21)22;/h2-16,19,23-24H,17-18H2,1H3;6,8,12-13,17H,5,7,9-11H2,1-4H3,(H2,21,22);1H. The number of primary amides is 1. The number of nitrogens with one attached hydrogen (secondary N) is 1. The van der Waals surface area contributed by atoms with E-state index in [1.165, 1.54) is 39.8 Å². The molecule has 250 valence electrons. The number of hydrogen-bond donors (Lipinski definition) is 2. The van der Waals surface area contributed by atoms with Crippen molar-refractivity contribution >= 4 is 18.3 Å². The first kappa shape index (κ1) is 36.4. The van der Waals surface area contributed by atoms with E-state index in [-0.39, 0.29) is 29.1 Å². The molecule has 0 aromatic heterocycles. The van der Waals surface area contributed by atoms with E-state index in [0.717, 1.165) is 38.6 Å². The van der Waals surface area contributed by atoms with Crippen LogP contribution in [-0.4, -0.2) is 12.5 Å². The van der Waals surface area contributed by atoms with Crippen LogP contribution in [0.15, 0.2) is 109 Å². The highest BCUT2D eigenvalue weighted by molar-refractivity contribution is 5.85. The molecule has 1 saturated carbocycles. The number of carbonyl (C=O) groups is 1. The molecule has 4 aromatic carbocycles. The summed E-state index contributed by atoms with van der Waals surface area (Å²) in [5.74, 6) is 1.27. The van der Waals surface area contributed by atoms with Crippen LogP contribution in [0.25, 0.3) is 0 Å². The Morgan fingerprint density at radius 3 is 1.87 bits per heavy atom. The first-order chi connectivity index (χ1) is 22.1. The van der Waals surface area contributed by atoms with Gasteiger partial charge in [0.15, 0.2) is 0 Å². The molecule has 0 bridgehead atoms. The maximum absolute atomic E-state index is 12.2. The zero-order chi connectivity index (χ0) is 32.7. The molecule has 1 fully saturated rings. The molecule has 47 heavy (non-hydrogen) atoms. The lowest BCUT2D eigenvalue weighted by Crippen LogP contribution is -2.54. The predicted octanol–water partition coefficient (Wildman–Crippen LogP) is 10.3. The minimum Gasteiger partial charge on any atom is -0.369 e. The zero-order valence-corrected chi connectivity index (χ0v) is 29.9. The van der Waals surface area contributed by atoms with E-state index in [1.54, 1.807) is 0 Å². The molecular formula is C43H55ClN2O. The van der Waals surface area contributed by atoms with Gasteiger partial charge < -0.3 is 11.1 Å². The number of benzene rings is 4. The normalized spacial score (nSPS) is 22.2. The average Bonchev–Trinajstić information content (AvgIpc) is 3.07. The van der Waals surface area contributed by atoms with Gasteiger partial charge in [0.2, 0.25) is 5.91 Å². The van der Waals surface area contributed by atoms with Gasteiger partial charge in [0, 0.05) is 17.4 Å². The minimum absolute atomic E-state index is 0. The molecule has 0 spiro atoms. The van der Waals surface area contributed by atoms with E-state index in [2.05, 4.69) is 149 Å². The zero-order valence-electron chi connectivity index (χ0n) is 29.0. The van der Waals surface area contributed by atoms with Crippen molar-refractivity contribution in [2.45, 2.75) is 96.4 Å². The molecule has 4 heteroatoms. The van der Waals surface area contributed by atoms with Crippen molar-refractivity contribution in [2.24, 2.45) is 17.1 Å². The number of rotatable bonds is 9. The number of hydrogen-bond acceptors (Lipinski definition) is 2. The molecule has 4 unspecified atom stereocenters. The lowest BCUT2D eigenvalue weighted by Gasteiger charge is -2.54. The van der Waals surface area contributed by atoms with Crippen molar-refractivity contribution in [2.75, 3.05) is 6.54 Å². The predicted molar refractivity (Wildman–Crippen MR) is 200 cm³/mol. The van der Waals surface area contributed by atoms with E-state index >= 15 is 0 Å². The maximum Gasteiger partial charge on any atom is 0.223 e. The van der Waals surface area contributed by atoms with E-state index < -0.39 is 0 Å². The molecule has 0 saturated heterocycles. The Hall–Kier alpha value is -3.40. The summed E-state index contributed by atoms with van der Waals surface area (Å²) in [5, 5.41) is 3.67. The average molecular weight is 651 g/mol. The second-order valence-electron chi connectivity index (χ2n) is 14.5. The summed E-state index contributed by atoms with van der Waals surface area (Å²) in [5.41, 5.74) is 14.1. The van der Waals surface area contributed by atoms with Gasteiger partial charge in [-0.2, -0.15) is 0 Å². The minimum atomic E-state index is -0.346. The Labute approximate surface area is 290 Å². The molecule has 1 amide bonds. The molecular weight excluding hydrogens is 596 g/mol. The number of halogens is 1. The summed E-state index contributed by atoms with van der Waals surface area (Å²) < 4.78 is 0. The largest absolute Gasteiger partial charge is 0.369 e. The number of fused-ring (bicyclic) bond motifs is 3. The fourth-order valence-corrected chi connectivity index (χ4v) is 8.37. The summed E-state index contributed by atoms with van der Waals surface area (Å²) in [4.78, 5) is 12.2. The van der Waals surface area contributed by atoms with Gasteiger partial charge in [-0.05, 0) is 96.2 Å².